The van der Waals surface area contributed by atoms with E-state index >= 15 is 0 Å². The first-order chi connectivity index (χ1) is 11.2. The molecular weight excluding hydrogens is 332 g/mol. The minimum atomic E-state index is 0.190. The third-order valence-electron chi connectivity index (χ3n) is 3.57. The number of piperazine rings is 1. The van der Waals surface area contributed by atoms with Crippen LogP contribution in [0.2, 0.25) is 0 Å². The van der Waals surface area contributed by atoms with Crippen LogP contribution in [0.15, 0.2) is 28.7 Å². The van der Waals surface area contributed by atoms with Crippen molar-refractivity contribution in [2.24, 2.45) is 0 Å². The van der Waals surface area contributed by atoms with E-state index in [1.807, 2.05) is 23.1 Å². The van der Waals surface area contributed by atoms with Crippen molar-refractivity contribution in [1.29, 1.82) is 0 Å². The zero-order chi connectivity index (χ0) is 16.1. The number of anilines is 2. The predicted octanol–water partition coefficient (Wildman–Crippen LogP) is 1.35. The monoisotopic (exact) mass is 350 g/mol. The number of pyridine rings is 1. The predicted molar refractivity (Wildman–Crippen MR) is 92.7 cm³/mol. The summed E-state index contributed by atoms with van der Waals surface area (Å²) in [6.07, 6.45) is 2.30. The third-order valence-corrected chi connectivity index (χ3v) is 5.46. The summed E-state index contributed by atoms with van der Waals surface area (Å²) < 4.78 is 0.815. The summed E-state index contributed by atoms with van der Waals surface area (Å²) in [6, 6.07) is 5.89. The molecule has 0 unspecified atom stereocenters. The lowest BCUT2D eigenvalue weighted by atomic mass is 10.3. The lowest BCUT2D eigenvalue weighted by Gasteiger charge is -2.35. The van der Waals surface area contributed by atoms with Gasteiger partial charge in [0.2, 0.25) is 11.0 Å². The number of hydrogen-bond acceptors (Lipinski definition) is 8. The number of amides is 1. The third kappa shape index (κ3) is 4.32. The molecule has 3 heterocycles. The number of carbonyl (C=O) groups is 1. The zero-order valence-electron chi connectivity index (χ0n) is 12.6. The second-order valence-electron chi connectivity index (χ2n) is 5.06. The van der Waals surface area contributed by atoms with Gasteiger partial charge in [0.05, 0.1) is 0 Å². The van der Waals surface area contributed by atoms with Gasteiger partial charge in [-0.05, 0) is 12.1 Å². The molecule has 2 N–H and O–H groups in total. The second kappa shape index (κ2) is 7.60. The highest BCUT2D eigenvalue weighted by molar-refractivity contribution is 8.01. The quantitative estimate of drug-likeness (QED) is 0.814. The number of thioether (sulfide) groups is 1. The van der Waals surface area contributed by atoms with Crippen molar-refractivity contribution in [3.63, 3.8) is 0 Å². The molecule has 0 aliphatic carbocycles. The highest BCUT2D eigenvalue weighted by Crippen LogP contribution is 2.24. The van der Waals surface area contributed by atoms with Gasteiger partial charge in [-0.2, -0.15) is 0 Å². The van der Waals surface area contributed by atoms with Crippen molar-refractivity contribution in [3.8, 4) is 0 Å². The Bertz CT molecular complexity index is 642. The van der Waals surface area contributed by atoms with Gasteiger partial charge in [-0.3, -0.25) is 4.79 Å². The minimum absolute atomic E-state index is 0.190. The number of nitrogens with zero attached hydrogens (tertiary/aromatic N) is 5. The molecule has 2 aromatic heterocycles. The number of hydrogen-bond donors (Lipinski definition) is 1. The average Bonchev–Trinajstić information content (AvgIpc) is 3.01. The van der Waals surface area contributed by atoms with Crippen LogP contribution in [0.3, 0.4) is 0 Å². The zero-order valence-corrected chi connectivity index (χ0v) is 14.2. The van der Waals surface area contributed by atoms with Crippen LogP contribution in [0.5, 0.6) is 0 Å². The molecule has 9 heteroatoms. The normalized spacial score (nSPS) is 15.0. The highest BCUT2D eigenvalue weighted by atomic mass is 32.2. The molecule has 1 saturated heterocycles. The Kier molecular flexibility index (Phi) is 5.29. The molecule has 0 atom stereocenters. The Morgan fingerprint density at radius 2 is 2.09 bits per heavy atom. The van der Waals surface area contributed by atoms with E-state index in [1.54, 1.807) is 6.20 Å². The molecule has 1 amide bonds. The summed E-state index contributed by atoms with van der Waals surface area (Å²) in [6.45, 7) is 3.13. The summed E-state index contributed by atoms with van der Waals surface area (Å²) in [5.74, 6) is 1.87. The van der Waals surface area contributed by atoms with Crippen molar-refractivity contribution >= 4 is 40.0 Å². The Hall–Kier alpha value is -1.87. The lowest BCUT2D eigenvalue weighted by molar-refractivity contribution is -0.131. The summed E-state index contributed by atoms with van der Waals surface area (Å²) >= 11 is 2.88. The smallest absolute Gasteiger partial charge is 0.223 e. The van der Waals surface area contributed by atoms with E-state index in [0.717, 1.165) is 36.3 Å². The molecule has 1 fully saturated rings. The molecule has 0 saturated carbocycles. The van der Waals surface area contributed by atoms with Crippen LogP contribution in [-0.2, 0) is 4.79 Å². The van der Waals surface area contributed by atoms with Gasteiger partial charge in [-0.15, -0.1) is 10.2 Å². The molecule has 1 aliphatic rings. The Morgan fingerprint density at radius 1 is 1.26 bits per heavy atom. The summed E-state index contributed by atoms with van der Waals surface area (Å²) in [4.78, 5) is 20.7. The lowest BCUT2D eigenvalue weighted by Crippen LogP contribution is -2.49. The maximum absolute atomic E-state index is 12.3. The molecule has 2 aromatic rings. The molecular formula is C14H18N6OS2. The first-order valence-electron chi connectivity index (χ1n) is 7.38. The van der Waals surface area contributed by atoms with Crippen molar-refractivity contribution < 1.29 is 4.79 Å². The minimum Gasteiger partial charge on any atom is -0.374 e. The maximum atomic E-state index is 12.3. The fraction of sp³-hybridized carbons (Fsp3) is 0.429. The second-order valence-corrected chi connectivity index (χ2v) is 7.41. The van der Waals surface area contributed by atoms with Crippen LogP contribution in [-0.4, -0.2) is 57.9 Å². The number of rotatable bonds is 5. The van der Waals surface area contributed by atoms with Gasteiger partial charge in [0.25, 0.3) is 0 Å². The largest absolute Gasteiger partial charge is 0.374 e. The van der Waals surface area contributed by atoms with Crippen molar-refractivity contribution in [2.75, 3.05) is 42.6 Å². The Morgan fingerprint density at radius 3 is 2.74 bits per heavy atom. The fourth-order valence-electron chi connectivity index (χ4n) is 2.39. The first-order valence-corrected chi connectivity index (χ1v) is 9.18. The fourth-order valence-corrected chi connectivity index (χ4v) is 4.02. The van der Waals surface area contributed by atoms with Gasteiger partial charge in [0, 0.05) is 44.5 Å². The van der Waals surface area contributed by atoms with Gasteiger partial charge >= 0.3 is 0 Å². The highest BCUT2D eigenvalue weighted by Gasteiger charge is 2.21. The van der Waals surface area contributed by atoms with E-state index in [9.17, 15) is 4.79 Å². The number of nitrogen functional groups attached to an aromatic ring is 1. The van der Waals surface area contributed by atoms with Crippen LogP contribution >= 0.6 is 23.1 Å². The maximum Gasteiger partial charge on any atom is 0.223 e. The summed E-state index contributed by atoms with van der Waals surface area (Å²) in [5, 5.41) is 8.16. The SMILES string of the molecule is Nc1nnc(SCCC(=O)N2CCN(c3ccccn3)CC2)s1. The number of carbonyl (C=O) groups excluding carboxylic acids is 1. The molecule has 0 aromatic carbocycles. The van der Waals surface area contributed by atoms with E-state index < -0.39 is 0 Å². The van der Waals surface area contributed by atoms with E-state index in [0.29, 0.717) is 17.3 Å². The standard InChI is InChI=1S/C14H18N6OS2/c15-13-17-18-14(23-13)22-10-4-12(21)20-8-6-19(7-9-20)11-3-1-2-5-16-11/h1-3,5H,4,6-10H2,(H2,15,17). The molecule has 122 valence electrons. The molecule has 3 rings (SSSR count). The van der Waals surface area contributed by atoms with Crippen LogP contribution in [0, 0.1) is 0 Å². The topological polar surface area (TPSA) is 88.2 Å². The van der Waals surface area contributed by atoms with E-state index in [2.05, 4.69) is 20.1 Å². The van der Waals surface area contributed by atoms with Gasteiger partial charge in [-0.1, -0.05) is 29.2 Å². The molecule has 0 spiro atoms. The van der Waals surface area contributed by atoms with Gasteiger partial charge in [0.1, 0.15) is 5.82 Å². The van der Waals surface area contributed by atoms with Crippen LogP contribution in [0.1, 0.15) is 6.42 Å². The molecule has 1 aliphatic heterocycles. The van der Waals surface area contributed by atoms with Crippen molar-refractivity contribution in [2.45, 2.75) is 10.8 Å². The Labute approximate surface area is 142 Å². The van der Waals surface area contributed by atoms with Gasteiger partial charge < -0.3 is 15.5 Å². The van der Waals surface area contributed by atoms with Crippen LogP contribution in [0.4, 0.5) is 10.9 Å². The van der Waals surface area contributed by atoms with E-state index in [4.69, 9.17) is 5.73 Å². The molecule has 7 nitrogen and oxygen atoms in total. The van der Waals surface area contributed by atoms with Gasteiger partial charge in [-0.25, -0.2) is 4.98 Å². The van der Waals surface area contributed by atoms with Gasteiger partial charge in [0.15, 0.2) is 4.34 Å². The Balaban J connectivity index is 1.41. The summed E-state index contributed by atoms with van der Waals surface area (Å²) in [5.41, 5.74) is 5.53. The van der Waals surface area contributed by atoms with Crippen molar-refractivity contribution in [3.05, 3.63) is 24.4 Å². The van der Waals surface area contributed by atoms with Crippen LogP contribution < -0.4 is 10.6 Å². The van der Waals surface area contributed by atoms with E-state index in [1.165, 1.54) is 23.1 Å². The number of aromatic nitrogens is 3. The molecule has 23 heavy (non-hydrogen) atoms. The molecule has 0 bridgehead atoms. The average molecular weight is 350 g/mol. The number of nitrogens with two attached hydrogens (primary N) is 1. The summed E-state index contributed by atoms with van der Waals surface area (Å²) in [7, 11) is 0. The van der Waals surface area contributed by atoms with Crippen LogP contribution in [0.25, 0.3) is 0 Å². The van der Waals surface area contributed by atoms with Crippen molar-refractivity contribution in [1.82, 2.24) is 20.1 Å². The molecule has 0 radical (unpaired) electrons. The first kappa shape index (κ1) is 16.0. The van der Waals surface area contributed by atoms with E-state index in [-0.39, 0.29) is 5.91 Å².